The molecule has 0 N–H and O–H groups in total. The summed E-state index contributed by atoms with van der Waals surface area (Å²) in [4.78, 5) is 35.4. The molecule has 2 unspecified atom stereocenters. The van der Waals surface area contributed by atoms with E-state index in [9.17, 15) is 14.4 Å². The molecule has 176 valence electrons. The van der Waals surface area contributed by atoms with Crippen molar-refractivity contribution in [1.29, 1.82) is 0 Å². The Morgan fingerprint density at radius 1 is 0.633 bits per heavy atom. The van der Waals surface area contributed by atoms with Crippen molar-refractivity contribution < 1.29 is 28.6 Å². The fourth-order valence-corrected chi connectivity index (χ4v) is 3.05. The van der Waals surface area contributed by atoms with Crippen LogP contribution < -0.4 is 0 Å². The third-order valence-electron chi connectivity index (χ3n) is 4.88. The molecule has 0 radical (unpaired) electrons. The third kappa shape index (κ3) is 18.4. The van der Waals surface area contributed by atoms with Crippen LogP contribution in [-0.2, 0) is 28.6 Å². The van der Waals surface area contributed by atoms with Gasteiger partial charge in [0.15, 0.2) is 0 Å². The van der Waals surface area contributed by atoms with Crippen LogP contribution in [0.5, 0.6) is 0 Å². The largest absolute Gasteiger partial charge is 0.465 e. The summed E-state index contributed by atoms with van der Waals surface area (Å²) >= 11 is 0. The maximum Gasteiger partial charge on any atom is 0.309 e. The molecule has 0 aliphatic carbocycles. The number of ether oxygens (including phenoxy) is 3. The van der Waals surface area contributed by atoms with Gasteiger partial charge in [0.25, 0.3) is 0 Å². The number of hydrogen-bond acceptors (Lipinski definition) is 6. The molecule has 0 aliphatic rings. The van der Waals surface area contributed by atoms with Gasteiger partial charge in [0.05, 0.1) is 13.0 Å². The zero-order valence-corrected chi connectivity index (χ0v) is 19.7. The van der Waals surface area contributed by atoms with Gasteiger partial charge < -0.3 is 14.2 Å². The number of hydrogen-bond donors (Lipinski definition) is 0. The van der Waals surface area contributed by atoms with Gasteiger partial charge in [-0.25, -0.2) is 0 Å². The Labute approximate surface area is 183 Å². The van der Waals surface area contributed by atoms with E-state index in [1.54, 1.807) is 13.8 Å². The monoisotopic (exact) mass is 428 g/mol. The molecule has 30 heavy (non-hydrogen) atoms. The van der Waals surface area contributed by atoms with Gasteiger partial charge in [0.2, 0.25) is 0 Å². The molecule has 0 amide bonds. The van der Waals surface area contributed by atoms with Crippen molar-refractivity contribution in [1.82, 2.24) is 0 Å². The van der Waals surface area contributed by atoms with E-state index in [-0.39, 0.29) is 31.1 Å². The first-order valence-corrected chi connectivity index (χ1v) is 11.9. The molecule has 0 saturated carbocycles. The van der Waals surface area contributed by atoms with Crippen molar-refractivity contribution in [3.63, 3.8) is 0 Å². The maximum absolute atomic E-state index is 11.9. The highest BCUT2D eigenvalue weighted by Crippen LogP contribution is 2.10. The van der Waals surface area contributed by atoms with Crippen LogP contribution in [0.25, 0.3) is 0 Å². The second-order valence-corrected chi connectivity index (χ2v) is 8.14. The second kappa shape index (κ2) is 19.4. The molecule has 0 aromatic rings. The normalized spacial score (nSPS) is 12.8. The van der Waals surface area contributed by atoms with Gasteiger partial charge in [-0.15, -0.1) is 0 Å². The van der Waals surface area contributed by atoms with E-state index in [2.05, 4.69) is 13.8 Å². The summed E-state index contributed by atoms with van der Waals surface area (Å²) in [5.74, 6) is -0.865. The molecular formula is C24H44O6. The lowest BCUT2D eigenvalue weighted by atomic mass is 10.1. The highest BCUT2D eigenvalue weighted by molar-refractivity contribution is 5.72. The quantitative estimate of drug-likeness (QED) is 0.145. The first-order chi connectivity index (χ1) is 14.4. The number of carbonyl (C=O) groups excluding carboxylic acids is 3. The number of carbonyl (C=O) groups is 3. The predicted octanol–water partition coefficient (Wildman–Crippen LogP) is 5.89. The predicted molar refractivity (Wildman–Crippen MR) is 118 cm³/mol. The van der Waals surface area contributed by atoms with E-state index in [1.807, 2.05) is 0 Å². The summed E-state index contributed by atoms with van der Waals surface area (Å²) in [7, 11) is 0. The minimum absolute atomic E-state index is 0.0352. The van der Waals surface area contributed by atoms with Gasteiger partial charge in [0.1, 0.15) is 12.2 Å². The van der Waals surface area contributed by atoms with Crippen molar-refractivity contribution in [2.75, 3.05) is 6.61 Å². The van der Waals surface area contributed by atoms with E-state index < -0.39 is 12.1 Å². The van der Waals surface area contributed by atoms with Gasteiger partial charge in [-0.05, 0) is 26.7 Å². The van der Waals surface area contributed by atoms with Gasteiger partial charge in [-0.1, -0.05) is 65.2 Å². The van der Waals surface area contributed by atoms with Crippen LogP contribution in [-0.4, -0.2) is 36.7 Å². The smallest absolute Gasteiger partial charge is 0.309 e. The first kappa shape index (κ1) is 28.4. The van der Waals surface area contributed by atoms with Crippen LogP contribution in [0.4, 0.5) is 0 Å². The summed E-state index contributed by atoms with van der Waals surface area (Å²) in [5.41, 5.74) is 0. The van der Waals surface area contributed by atoms with Crippen molar-refractivity contribution in [3.05, 3.63) is 0 Å². The lowest BCUT2D eigenvalue weighted by Gasteiger charge is -2.15. The zero-order chi connectivity index (χ0) is 22.6. The average Bonchev–Trinajstić information content (AvgIpc) is 2.67. The Kier molecular flexibility index (Phi) is 18.4. The lowest BCUT2D eigenvalue weighted by molar-refractivity contribution is -0.154. The maximum atomic E-state index is 11.9. The van der Waals surface area contributed by atoms with Crippen LogP contribution in [0.15, 0.2) is 0 Å². The van der Waals surface area contributed by atoms with Crippen LogP contribution in [0.1, 0.15) is 118 Å². The van der Waals surface area contributed by atoms with E-state index in [0.717, 1.165) is 38.5 Å². The van der Waals surface area contributed by atoms with E-state index in [1.165, 1.54) is 25.7 Å². The van der Waals surface area contributed by atoms with Crippen molar-refractivity contribution in [2.24, 2.45) is 0 Å². The van der Waals surface area contributed by atoms with Crippen molar-refractivity contribution in [2.45, 2.75) is 130 Å². The summed E-state index contributed by atoms with van der Waals surface area (Å²) in [5, 5.41) is 0. The Bertz CT molecular complexity index is 463. The third-order valence-corrected chi connectivity index (χ3v) is 4.88. The van der Waals surface area contributed by atoms with Crippen LogP contribution in [0.2, 0.25) is 0 Å². The summed E-state index contributed by atoms with van der Waals surface area (Å²) in [6, 6.07) is 0. The molecular weight excluding hydrogens is 384 g/mol. The van der Waals surface area contributed by atoms with E-state index >= 15 is 0 Å². The Morgan fingerprint density at radius 3 is 1.60 bits per heavy atom. The van der Waals surface area contributed by atoms with E-state index in [4.69, 9.17) is 14.2 Å². The van der Waals surface area contributed by atoms with Crippen molar-refractivity contribution in [3.8, 4) is 0 Å². The molecule has 0 heterocycles. The summed E-state index contributed by atoms with van der Waals surface area (Å²) in [6.07, 6.45) is 11.3. The Balaban J connectivity index is 3.76. The lowest BCUT2D eigenvalue weighted by Crippen LogP contribution is -2.22. The first-order valence-electron chi connectivity index (χ1n) is 11.9. The molecule has 0 bridgehead atoms. The minimum Gasteiger partial charge on any atom is -0.465 e. The molecule has 0 aliphatic heterocycles. The van der Waals surface area contributed by atoms with Gasteiger partial charge in [-0.3, -0.25) is 14.4 Å². The van der Waals surface area contributed by atoms with Gasteiger partial charge >= 0.3 is 17.9 Å². The van der Waals surface area contributed by atoms with Gasteiger partial charge in [0, 0.05) is 19.3 Å². The molecule has 6 nitrogen and oxygen atoms in total. The molecule has 0 spiro atoms. The van der Waals surface area contributed by atoms with Crippen LogP contribution >= 0.6 is 0 Å². The molecule has 0 aromatic heterocycles. The van der Waals surface area contributed by atoms with Gasteiger partial charge in [-0.2, -0.15) is 0 Å². The van der Waals surface area contributed by atoms with E-state index in [0.29, 0.717) is 19.3 Å². The molecule has 6 heteroatoms. The zero-order valence-electron chi connectivity index (χ0n) is 19.7. The van der Waals surface area contributed by atoms with Crippen LogP contribution in [0.3, 0.4) is 0 Å². The molecule has 0 rings (SSSR count). The number of unbranched alkanes of at least 4 members (excludes halogenated alkanes) is 8. The van der Waals surface area contributed by atoms with Crippen molar-refractivity contribution >= 4 is 17.9 Å². The molecule has 0 fully saturated rings. The number of rotatable bonds is 19. The second-order valence-electron chi connectivity index (χ2n) is 8.14. The molecule has 0 aromatic carbocycles. The van der Waals surface area contributed by atoms with Crippen LogP contribution in [0, 0.1) is 0 Å². The highest BCUT2D eigenvalue weighted by atomic mass is 16.6. The summed E-state index contributed by atoms with van der Waals surface area (Å²) in [6.45, 7) is 7.99. The fourth-order valence-electron chi connectivity index (χ4n) is 3.05. The Hall–Kier alpha value is -1.59. The highest BCUT2D eigenvalue weighted by Gasteiger charge is 2.16. The Morgan fingerprint density at radius 2 is 1.10 bits per heavy atom. The average molecular weight is 429 g/mol. The standard InChI is InChI=1S/C24H44O6/c1-5-7-9-11-13-15-22(25)29-20(3)17-18-28-24(27)19-21(4)30-23(26)16-14-12-10-8-6-2/h20-21H,5-19H2,1-4H3. The fraction of sp³-hybridized carbons (Fsp3) is 0.875. The summed E-state index contributed by atoms with van der Waals surface area (Å²) < 4.78 is 15.8. The SMILES string of the molecule is CCCCCCCC(=O)OC(C)CCOC(=O)CC(C)OC(=O)CCCCCCC. The minimum atomic E-state index is -0.497. The topological polar surface area (TPSA) is 78.9 Å². The molecule has 0 saturated heterocycles. The number of esters is 3. The molecule has 2 atom stereocenters.